The summed E-state index contributed by atoms with van der Waals surface area (Å²) in [6, 6.07) is 4.67. The molecule has 0 unspecified atom stereocenters. The molecule has 8 heteroatoms. The van der Waals surface area contributed by atoms with Crippen LogP contribution in [0.5, 0.6) is 0 Å². The molecule has 0 atom stereocenters. The van der Waals surface area contributed by atoms with Crippen LogP contribution in [0.1, 0.15) is 24.2 Å². The molecule has 3 rings (SSSR count). The number of imidazole rings is 1. The molecular weight excluding hydrogens is 298 g/mol. The Bertz CT molecular complexity index is 894. The number of fused-ring (bicyclic) bond motifs is 1. The number of H-pyrrole nitrogens is 1. The highest BCUT2D eigenvalue weighted by molar-refractivity contribution is 5.95. The van der Waals surface area contributed by atoms with E-state index in [0.717, 1.165) is 0 Å². The number of carbonyl (C=O) groups excluding carboxylic acids is 1. The van der Waals surface area contributed by atoms with Crippen LogP contribution in [0.15, 0.2) is 30.7 Å². The first kappa shape index (κ1) is 14.8. The fraction of sp³-hybridized carbons (Fsp3) is 0.200. The number of carboxylic acids is 1. The van der Waals surface area contributed by atoms with Crippen molar-refractivity contribution in [3.05, 3.63) is 36.3 Å². The molecule has 0 aliphatic carbocycles. The van der Waals surface area contributed by atoms with E-state index in [1.54, 1.807) is 30.8 Å². The second-order valence-corrected chi connectivity index (χ2v) is 5.40. The Morgan fingerprint density at radius 2 is 2.13 bits per heavy atom. The van der Waals surface area contributed by atoms with Crippen LogP contribution in [-0.2, 0) is 4.79 Å². The number of hydrogen-bond acceptors (Lipinski definition) is 4. The summed E-state index contributed by atoms with van der Waals surface area (Å²) in [7, 11) is 0. The van der Waals surface area contributed by atoms with Gasteiger partial charge >= 0.3 is 5.97 Å². The number of aromatic amines is 1. The van der Waals surface area contributed by atoms with E-state index < -0.39 is 5.97 Å². The van der Waals surface area contributed by atoms with Gasteiger partial charge in [-0.3, -0.25) is 14.5 Å². The zero-order valence-corrected chi connectivity index (χ0v) is 12.6. The summed E-state index contributed by atoms with van der Waals surface area (Å²) in [5.41, 5.74) is 1.95. The second kappa shape index (κ2) is 5.56. The molecule has 2 aromatic heterocycles. The minimum Gasteiger partial charge on any atom is -0.478 e. The number of rotatable bonds is 4. The number of aromatic nitrogens is 4. The highest BCUT2D eigenvalue weighted by Gasteiger charge is 2.15. The summed E-state index contributed by atoms with van der Waals surface area (Å²) in [5.74, 6) is -0.724. The van der Waals surface area contributed by atoms with Gasteiger partial charge in [0.25, 0.3) is 0 Å². The molecule has 118 valence electrons. The molecule has 8 nitrogen and oxygen atoms in total. The van der Waals surface area contributed by atoms with Crippen LogP contribution in [0, 0.1) is 5.92 Å². The maximum absolute atomic E-state index is 11.9. The van der Waals surface area contributed by atoms with Crippen LogP contribution in [0.2, 0.25) is 0 Å². The number of amides is 1. The molecule has 1 amide bonds. The maximum Gasteiger partial charge on any atom is 0.335 e. The van der Waals surface area contributed by atoms with Crippen LogP contribution in [0.3, 0.4) is 0 Å². The molecule has 0 spiro atoms. The highest BCUT2D eigenvalue weighted by atomic mass is 16.4. The molecule has 0 radical (unpaired) electrons. The standard InChI is InChI=1S/C15H15N5O3/c1-8(2)14(21)18-11-6-17-19-13(11)20-7-16-10-5-9(15(22)23)3-4-12(10)20/h3-8H,1-2H3,(H,17,19)(H,18,21)(H,22,23). The van der Waals surface area contributed by atoms with Gasteiger partial charge in [0.15, 0.2) is 5.82 Å². The van der Waals surface area contributed by atoms with Crippen LogP contribution >= 0.6 is 0 Å². The van der Waals surface area contributed by atoms with Gasteiger partial charge in [0, 0.05) is 5.92 Å². The number of hydrogen-bond donors (Lipinski definition) is 3. The number of benzene rings is 1. The SMILES string of the molecule is CC(C)C(=O)Nc1cn[nH]c1-n1cnc2cc(C(=O)O)ccc21. The van der Waals surface area contributed by atoms with Gasteiger partial charge in [0.05, 0.1) is 22.8 Å². The second-order valence-electron chi connectivity index (χ2n) is 5.40. The molecule has 0 aliphatic rings. The molecule has 0 aliphatic heterocycles. The maximum atomic E-state index is 11.9. The zero-order chi connectivity index (χ0) is 16.6. The Hall–Kier alpha value is -3.16. The van der Waals surface area contributed by atoms with Gasteiger partial charge in [0.2, 0.25) is 5.91 Å². The quantitative estimate of drug-likeness (QED) is 0.682. The number of nitrogens with zero attached hydrogens (tertiary/aromatic N) is 3. The van der Waals surface area contributed by atoms with Crippen LogP contribution < -0.4 is 5.32 Å². The van der Waals surface area contributed by atoms with Gasteiger partial charge in [-0.2, -0.15) is 5.10 Å². The van der Waals surface area contributed by atoms with Crippen molar-refractivity contribution in [1.82, 2.24) is 19.7 Å². The van der Waals surface area contributed by atoms with Crippen molar-refractivity contribution in [2.24, 2.45) is 5.92 Å². The first-order valence-electron chi connectivity index (χ1n) is 7.02. The van der Waals surface area contributed by atoms with Gasteiger partial charge < -0.3 is 10.4 Å². The van der Waals surface area contributed by atoms with Crippen molar-refractivity contribution in [2.75, 3.05) is 5.32 Å². The summed E-state index contributed by atoms with van der Waals surface area (Å²) in [5, 5.41) is 18.6. The molecule has 3 aromatic rings. The van der Waals surface area contributed by atoms with Crippen LogP contribution in [-0.4, -0.2) is 36.7 Å². The summed E-state index contributed by atoms with van der Waals surface area (Å²) >= 11 is 0. The molecule has 3 N–H and O–H groups in total. The molecule has 23 heavy (non-hydrogen) atoms. The Balaban J connectivity index is 2.03. The van der Waals surface area contributed by atoms with Crippen molar-refractivity contribution in [1.29, 1.82) is 0 Å². The third-order valence-electron chi connectivity index (χ3n) is 3.44. The van der Waals surface area contributed by atoms with Gasteiger partial charge in [-0.25, -0.2) is 9.78 Å². The van der Waals surface area contributed by atoms with E-state index >= 15 is 0 Å². The predicted molar refractivity (Wildman–Crippen MR) is 83.6 cm³/mol. The van der Waals surface area contributed by atoms with Crippen molar-refractivity contribution in [3.63, 3.8) is 0 Å². The molecular formula is C15H15N5O3. The lowest BCUT2D eigenvalue weighted by atomic mass is 10.2. The third kappa shape index (κ3) is 2.66. The normalized spacial score (nSPS) is 11.1. The lowest BCUT2D eigenvalue weighted by Gasteiger charge is -2.09. The summed E-state index contributed by atoms with van der Waals surface area (Å²) in [4.78, 5) is 27.1. The number of anilines is 1. The minimum atomic E-state index is -1.01. The third-order valence-corrected chi connectivity index (χ3v) is 3.44. The van der Waals surface area contributed by atoms with Crippen molar-refractivity contribution in [3.8, 4) is 5.82 Å². The fourth-order valence-electron chi connectivity index (χ4n) is 2.16. The minimum absolute atomic E-state index is 0.120. The highest BCUT2D eigenvalue weighted by Crippen LogP contribution is 2.23. The lowest BCUT2D eigenvalue weighted by molar-refractivity contribution is -0.118. The molecule has 0 fully saturated rings. The largest absolute Gasteiger partial charge is 0.478 e. The average molecular weight is 313 g/mol. The molecule has 0 saturated heterocycles. The molecule has 0 saturated carbocycles. The van der Waals surface area contributed by atoms with Gasteiger partial charge in [-0.15, -0.1) is 0 Å². The van der Waals surface area contributed by atoms with Crippen LogP contribution in [0.25, 0.3) is 16.9 Å². The molecule has 2 heterocycles. The smallest absolute Gasteiger partial charge is 0.335 e. The van der Waals surface area contributed by atoms with Gasteiger partial charge in [-0.1, -0.05) is 13.8 Å². The number of carboxylic acid groups (broad SMARTS) is 1. The van der Waals surface area contributed by atoms with E-state index in [1.807, 2.05) is 0 Å². The van der Waals surface area contributed by atoms with Gasteiger partial charge in [0.1, 0.15) is 12.0 Å². The van der Waals surface area contributed by atoms with E-state index in [1.165, 1.54) is 18.3 Å². The van der Waals surface area contributed by atoms with Crippen LogP contribution in [0.4, 0.5) is 5.69 Å². The topological polar surface area (TPSA) is 113 Å². The summed E-state index contributed by atoms with van der Waals surface area (Å²) < 4.78 is 1.71. The monoisotopic (exact) mass is 313 g/mol. The van der Waals surface area contributed by atoms with Crippen molar-refractivity contribution >= 4 is 28.6 Å². The zero-order valence-electron chi connectivity index (χ0n) is 12.6. The Kier molecular flexibility index (Phi) is 3.57. The first-order chi connectivity index (χ1) is 11.0. The van der Waals surface area contributed by atoms with E-state index in [9.17, 15) is 9.59 Å². The summed E-state index contributed by atoms with van der Waals surface area (Å²) in [6.45, 7) is 3.60. The average Bonchev–Trinajstić information content (AvgIpc) is 3.12. The summed E-state index contributed by atoms with van der Waals surface area (Å²) in [6.07, 6.45) is 3.07. The lowest BCUT2D eigenvalue weighted by Crippen LogP contribution is -2.18. The van der Waals surface area contributed by atoms with E-state index in [4.69, 9.17) is 5.11 Å². The number of carbonyl (C=O) groups is 2. The van der Waals surface area contributed by atoms with Crippen molar-refractivity contribution < 1.29 is 14.7 Å². The predicted octanol–water partition coefficient (Wildman–Crippen LogP) is 2.04. The van der Waals surface area contributed by atoms with Crippen molar-refractivity contribution in [2.45, 2.75) is 13.8 Å². The van der Waals surface area contributed by atoms with E-state index in [0.29, 0.717) is 22.5 Å². The van der Waals surface area contributed by atoms with E-state index in [2.05, 4.69) is 20.5 Å². The van der Waals surface area contributed by atoms with Gasteiger partial charge in [-0.05, 0) is 18.2 Å². The molecule has 0 bridgehead atoms. The molecule has 1 aromatic carbocycles. The Morgan fingerprint density at radius 1 is 1.35 bits per heavy atom. The van der Waals surface area contributed by atoms with E-state index in [-0.39, 0.29) is 17.4 Å². The number of nitrogens with one attached hydrogen (secondary N) is 2. The fourth-order valence-corrected chi connectivity index (χ4v) is 2.16. The first-order valence-corrected chi connectivity index (χ1v) is 7.02. The Morgan fingerprint density at radius 3 is 2.83 bits per heavy atom. The Labute approximate surface area is 131 Å². The number of aromatic carboxylic acids is 1.